The summed E-state index contributed by atoms with van der Waals surface area (Å²) in [7, 11) is 0. The van der Waals surface area contributed by atoms with Crippen LogP contribution in [0.4, 0.5) is 5.69 Å². The number of thiophene rings is 1. The Hall–Kier alpha value is -2.77. The molecule has 0 radical (unpaired) electrons. The largest absolute Gasteiger partial charge is 0.325 e. The number of hydrogen-bond acceptors (Lipinski definition) is 5. The standard InChI is InChI=1S/C21H22N4O2S/c1-15(26)20-11-16(14-28-20)13-24-9-3-7-19(24)21(27)23-17-5-2-6-18(12-17)25-10-4-8-22-25/h2,4-6,8,10-12,14,19H,3,7,9,13H2,1H3,(H,23,27). The van der Waals surface area contributed by atoms with Crippen LogP contribution in [0.3, 0.4) is 0 Å². The second kappa shape index (κ2) is 8.08. The highest BCUT2D eigenvalue weighted by atomic mass is 32.1. The van der Waals surface area contributed by atoms with E-state index in [1.165, 1.54) is 11.3 Å². The number of likely N-dealkylation sites (tertiary alicyclic amines) is 1. The summed E-state index contributed by atoms with van der Waals surface area (Å²) in [4.78, 5) is 27.4. The molecule has 4 rings (SSSR count). The van der Waals surface area contributed by atoms with Gasteiger partial charge in [0.25, 0.3) is 0 Å². The first-order chi connectivity index (χ1) is 13.6. The maximum Gasteiger partial charge on any atom is 0.241 e. The number of rotatable bonds is 6. The SMILES string of the molecule is CC(=O)c1cc(CN2CCCC2C(=O)Nc2cccc(-n3cccn3)c2)cs1. The average molecular weight is 395 g/mol. The van der Waals surface area contributed by atoms with Gasteiger partial charge in [-0.15, -0.1) is 11.3 Å². The maximum atomic E-state index is 12.9. The van der Waals surface area contributed by atoms with E-state index in [-0.39, 0.29) is 17.7 Å². The molecule has 2 aromatic heterocycles. The summed E-state index contributed by atoms with van der Waals surface area (Å²) in [5.74, 6) is 0.0983. The molecule has 7 heteroatoms. The number of nitrogens with one attached hydrogen (secondary N) is 1. The van der Waals surface area contributed by atoms with Crippen LogP contribution in [0.1, 0.15) is 35.0 Å². The molecule has 0 spiro atoms. The molecule has 1 saturated heterocycles. The van der Waals surface area contributed by atoms with E-state index in [1.807, 2.05) is 48.0 Å². The second-order valence-electron chi connectivity index (χ2n) is 6.99. The monoisotopic (exact) mass is 394 g/mol. The van der Waals surface area contributed by atoms with Crippen LogP contribution in [-0.2, 0) is 11.3 Å². The van der Waals surface area contributed by atoms with Crippen molar-refractivity contribution in [1.82, 2.24) is 14.7 Å². The molecule has 0 saturated carbocycles. The molecule has 0 bridgehead atoms. The topological polar surface area (TPSA) is 67.2 Å². The van der Waals surface area contributed by atoms with Gasteiger partial charge in [-0.2, -0.15) is 5.10 Å². The fourth-order valence-electron chi connectivity index (χ4n) is 3.56. The Bertz CT molecular complexity index is 980. The summed E-state index contributed by atoms with van der Waals surface area (Å²) in [6, 6.07) is 11.3. The van der Waals surface area contributed by atoms with Crippen LogP contribution in [0.2, 0.25) is 0 Å². The van der Waals surface area contributed by atoms with E-state index in [2.05, 4.69) is 15.3 Å². The molecule has 1 aromatic carbocycles. The Labute approximate surface area is 167 Å². The van der Waals surface area contributed by atoms with E-state index < -0.39 is 0 Å². The van der Waals surface area contributed by atoms with E-state index in [0.717, 1.165) is 41.2 Å². The Morgan fingerprint density at radius 3 is 2.93 bits per heavy atom. The molecule has 144 valence electrons. The Morgan fingerprint density at radius 1 is 1.29 bits per heavy atom. The lowest BCUT2D eigenvalue weighted by Crippen LogP contribution is -2.39. The summed E-state index contributed by atoms with van der Waals surface area (Å²) >= 11 is 1.47. The van der Waals surface area contributed by atoms with Crippen molar-refractivity contribution in [3.8, 4) is 5.69 Å². The van der Waals surface area contributed by atoms with Gasteiger partial charge in [0.05, 0.1) is 16.6 Å². The lowest BCUT2D eigenvalue weighted by atomic mass is 10.2. The van der Waals surface area contributed by atoms with Gasteiger partial charge >= 0.3 is 0 Å². The summed E-state index contributed by atoms with van der Waals surface area (Å²) in [5, 5.41) is 9.29. The predicted molar refractivity (Wildman–Crippen MR) is 110 cm³/mol. The average Bonchev–Trinajstić information content (AvgIpc) is 3.44. The number of hydrogen-bond donors (Lipinski definition) is 1. The van der Waals surface area contributed by atoms with Crippen LogP contribution in [0.15, 0.2) is 54.2 Å². The number of benzene rings is 1. The van der Waals surface area contributed by atoms with Gasteiger partial charge in [-0.3, -0.25) is 14.5 Å². The van der Waals surface area contributed by atoms with Crippen molar-refractivity contribution < 1.29 is 9.59 Å². The second-order valence-corrected chi connectivity index (χ2v) is 7.91. The molecule has 28 heavy (non-hydrogen) atoms. The third-order valence-corrected chi connectivity index (χ3v) is 6.02. The van der Waals surface area contributed by atoms with Gasteiger partial charge in [-0.05, 0) is 67.6 Å². The zero-order valence-electron chi connectivity index (χ0n) is 15.7. The van der Waals surface area contributed by atoms with Crippen LogP contribution < -0.4 is 5.32 Å². The van der Waals surface area contributed by atoms with Crippen LogP contribution >= 0.6 is 11.3 Å². The van der Waals surface area contributed by atoms with Gasteiger partial charge in [-0.1, -0.05) is 6.07 Å². The molecule has 1 atom stereocenters. The van der Waals surface area contributed by atoms with E-state index >= 15 is 0 Å². The number of carbonyl (C=O) groups is 2. The molecule has 1 aliphatic rings. The van der Waals surface area contributed by atoms with Crippen LogP contribution in [0.5, 0.6) is 0 Å². The molecule has 1 N–H and O–H groups in total. The molecule has 3 heterocycles. The maximum absolute atomic E-state index is 12.9. The van der Waals surface area contributed by atoms with Crippen LogP contribution in [0, 0.1) is 0 Å². The normalized spacial score (nSPS) is 17.0. The minimum absolute atomic E-state index is 0.0112. The summed E-state index contributed by atoms with van der Waals surface area (Å²) in [6.07, 6.45) is 5.43. The van der Waals surface area contributed by atoms with Gasteiger partial charge in [-0.25, -0.2) is 4.68 Å². The molecule has 1 fully saturated rings. The first-order valence-corrected chi connectivity index (χ1v) is 10.2. The number of ketones is 1. The number of nitrogens with zero attached hydrogens (tertiary/aromatic N) is 3. The Balaban J connectivity index is 1.43. The van der Waals surface area contributed by atoms with Gasteiger partial charge < -0.3 is 5.32 Å². The van der Waals surface area contributed by atoms with Crippen LogP contribution in [0.25, 0.3) is 5.69 Å². The smallest absolute Gasteiger partial charge is 0.241 e. The first-order valence-electron chi connectivity index (χ1n) is 9.33. The molecule has 1 unspecified atom stereocenters. The van der Waals surface area contributed by atoms with E-state index in [9.17, 15) is 9.59 Å². The molecule has 1 aliphatic heterocycles. The summed E-state index contributed by atoms with van der Waals surface area (Å²) in [6.45, 7) is 3.16. The fraction of sp³-hybridized carbons (Fsp3) is 0.286. The van der Waals surface area contributed by atoms with Crippen molar-refractivity contribution in [2.75, 3.05) is 11.9 Å². The van der Waals surface area contributed by atoms with E-state index in [1.54, 1.807) is 17.8 Å². The third-order valence-electron chi connectivity index (χ3n) is 4.94. The van der Waals surface area contributed by atoms with Crippen LogP contribution in [-0.4, -0.2) is 39.0 Å². The first kappa shape index (κ1) is 18.6. The Morgan fingerprint density at radius 2 is 2.18 bits per heavy atom. The van der Waals surface area contributed by atoms with Crippen molar-refractivity contribution in [1.29, 1.82) is 0 Å². The number of amides is 1. The summed E-state index contributed by atoms with van der Waals surface area (Å²) < 4.78 is 1.76. The fourth-order valence-corrected chi connectivity index (χ4v) is 4.37. The molecule has 1 amide bonds. The highest BCUT2D eigenvalue weighted by molar-refractivity contribution is 7.12. The minimum atomic E-state index is -0.158. The van der Waals surface area contributed by atoms with Gasteiger partial charge in [0, 0.05) is 24.6 Å². The van der Waals surface area contributed by atoms with E-state index in [4.69, 9.17) is 0 Å². The highest BCUT2D eigenvalue weighted by Gasteiger charge is 2.31. The summed E-state index contributed by atoms with van der Waals surface area (Å²) in [5.41, 5.74) is 2.76. The molecule has 3 aromatic rings. The van der Waals surface area contributed by atoms with Crippen molar-refractivity contribution in [2.24, 2.45) is 0 Å². The van der Waals surface area contributed by atoms with Gasteiger partial charge in [0.1, 0.15) is 0 Å². The zero-order chi connectivity index (χ0) is 19.5. The number of aromatic nitrogens is 2. The Kier molecular flexibility index (Phi) is 5.36. The quantitative estimate of drug-likeness (QED) is 0.647. The van der Waals surface area contributed by atoms with Crippen molar-refractivity contribution in [3.05, 3.63) is 64.6 Å². The molecular weight excluding hydrogens is 372 g/mol. The number of Topliss-reactive ketones (excluding diaryl/α,β-unsaturated/α-hetero) is 1. The molecular formula is C21H22N4O2S. The lowest BCUT2D eigenvalue weighted by Gasteiger charge is -2.23. The van der Waals surface area contributed by atoms with Crippen molar-refractivity contribution >= 4 is 28.7 Å². The molecule has 6 nitrogen and oxygen atoms in total. The van der Waals surface area contributed by atoms with Crippen molar-refractivity contribution in [3.63, 3.8) is 0 Å². The zero-order valence-corrected chi connectivity index (χ0v) is 16.5. The lowest BCUT2D eigenvalue weighted by molar-refractivity contribution is -0.120. The number of anilines is 1. The highest BCUT2D eigenvalue weighted by Crippen LogP contribution is 2.24. The third kappa shape index (κ3) is 4.05. The number of carbonyl (C=O) groups excluding carboxylic acids is 2. The van der Waals surface area contributed by atoms with Gasteiger partial charge in [0.15, 0.2) is 5.78 Å². The van der Waals surface area contributed by atoms with Gasteiger partial charge in [0.2, 0.25) is 5.91 Å². The predicted octanol–water partition coefficient (Wildman–Crippen LogP) is 3.74. The van der Waals surface area contributed by atoms with Crippen molar-refractivity contribution in [2.45, 2.75) is 32.4 Å². The minimum Gasteiger partial charge on any atom is -0.325 e. The molecule has 0 aliphatic carbocycles. The van der Waals surface area contributed by atoms with E-state index in [0.29, 0.717) is 6.54 Å².